The summed E-state index contributed by atoms with van der Waals surface area (Å²) < 4.78 is 73.4. The van der Waals surface area contributed by atoms with Gasteiger partial charge in [-0.15, -0.1) is 11.8 Å². The van der Waals surface area contributed by atoms with Gasteiger partial charge in [0, 0.05) is 11.3 Å². The minimum Gasteiger partial charge on any atom is -0.495 e. The predicted molar refractivity (Wildman–Crippen MR) is 125 cm³/mol. The molecule has 1 aliphatic rings. The molecule has 0 saturated carbocycles. The summed E-state index contributed by atoms with van der Waals surface area (Å²) in [4.78, 5) is 1.09. The Morgan fingerprint density at radius 2 is 1.62 bits per heavy atom. The number of methoxy groups -OCH3 is 1. The van der Waals surface area contributed by atoms with E-state index in [1.54, 1.807) is 54.2 Å². The number of hydrogen-bond acceptors (Lipinski definition) is 4. The van der Waals surface area contributed by atoms with Gasteiger partial charge in [0.2, 0.25) is 0 Å². The Kier molecular flexibility index (Phi) is 6.58. The third-order valence-electron chi connectivity index (χ3n) is 5.66. The van der Waals surface area contributed by atoms with E-state index in [2.05, 4.69) is 5.10 Å². The summed E-state index contributed by atoms with van der Waals surface area (Å²) in [6.45, 7) is 0. The largest absolute Gasteiger partial charge is 0.495 e. The maximum Gasteiger partial charge on any atom is 0.459 e. The van der Waals surface area contributed by atoms with Gasteiger partial charge >= 0.3 is 12.1 Å². The highest BCUT2D eigenvalue weighted by atomic mass is 32.2. The molecule has 1 unspecified atom stereocenters. The molecule has 0 aliphatic carbocycles. The molecule has 3 nitrogen and oxygen atoms in total. The van der Waals surface area contributed by atoms with Crippen LogP contribution in [-0.4, -0.2) is 31.2 Å². The van der Waals surface area contributed by atoms with E-state index in [0.29, 0.717) is 17.0 Å². The Bertz CT molecular complexity index is 1190. The van der Waals surface area contributed by atoms with Crippen LogP contribution in [0.25, 0.3) is 11.1 Å². The van der Waals surface area contributed by atoms with Gasteiger partial charge in [0.15, 0.2) is 0 Å². The van der Waals surface area contributed by atoms with Crippen LogP contribution in [0.1, 0.15) is 18.0 Å². The van der Waals surface area contributed by atoms with Gasteiger partial charge in [-0.1, -0.05) is 42.5 Å². The molecule has 178 valence electrons. The van der Waals surface area contributed by atoms with Crippen LogP contribution in [0.2, 0.25) is 0 Å². The van der Waals surface area contributed by atoms with E-state index >= 15 is 0 Å². The smallest absolute Gasteiger partial charge is 0.459 e. The van der Waals surface area contributed by atoms with Crippen molar-refractivity contribution in [2.75, 3.05) is 18.4 Å². The summed E-state index contributed by atoms with van der Waals surface area (Å²) in [6.07, 6.45) is -4.36. The Morgan fingerprint density at radius 1 is 0.912 bits per heavy atom. The number of benzene rings is 3. The lowest BCUT2D eigenvalue weighted by Crippen LogP contribution is -2.43. The van der Waals surface area contributed by atoms with Crippen LogP contribution < -0.4 is 9.75 Å². The molecule has 0 aromatic heterocycles. The first-order chi connectivity index (χ1) is 16.2. The second kappa shape index (κ2) is 9.29. The van der Waals surface area contributed by atoms with Crippen molar-refractivity contribution in [1.82, 2.24) is 0 Å². The van der Waals surface area contributed by atoms with Gasteiger partial charge in [-0.25, -0.2) is 0 Å². The molecule has 0 saturated heterocycles. The van der Waals surface area contributed by atoms with Crippen LogP contribution >= 0.6 is 11.8 Å². The lowest BCUT2D eigenvalue weighted by atomic mass is 9.95. The van der Waals surface area contributed by atoms with Gasteiger partial charge in [0.05, 0.1) is 13.2 Å². The molecule has 3 aromatic rings. The van der Waals surface area contributed by atoms with E-state index in [1.807, 2.05) is 36.6 Å². The predicted octanol–water partition coefficient (Wildman–Crippen LogP) is 7.59. The van der Waals surface area contributed by atoms with Crippen LogP contribution in [0, 0.1) is 0 Å². The number of rotatable bonds is 6. The summed E-state index contributed by atoms with van der Waals surface area (Å²) >= 11 is 1.61. The molecule has 3 aromatic carbocycles. The standard InChI is InChI=1S/C25H21F5N2OS/c1-33-22-9-4-3-8-20(22)32-21(15-23(31-32)24(26,27)25(28,29)30)18-7-5-6-17(14-18)16-10-12-19(34-2)13-11-16/h3-14,21H,15H2,1-2H3. The molecule has 0 spiro atoms. The zero-order valence-electron chi connectivity index (χ0n) is 18.3. The molecular formula is C25H21F5N2OS. The topological polar surface area (TPSA) is 24.8 Å². The Balaban J connectivity index is 1.78. The fourth-order valence-corrected chi connectivity index (χ4v) is 4.28. The zero-order valence-corrected chi connectivity index (χ0v) is 19.1. The summed E-state index contributed by atoms with van der Waals surface area (Å²) in [5, 5.41) is 4.98. The number of thioether (sulfide) groups is 1. The first kappa shape index (κ1) is 24.1. The molecule has 0 radical (unpaired) electrons. The number of para-hydroxylation sites is 2. The molecular weight excluding hydrogens is 471 g/mol. The minimum absolute atomic E-state index is 0.303. The second-order valence-corrected chi connectivity index (χ2v) is 8.59. The molecule has 0 amide bonds. The third kappa shape index (κ3) is 4.49. The van der Waals surface area contributed by atoms with Crippen molar-refractivity contribution >= 4 is 23.2 Å². The van der Waals surface area contributed by atoms with Crippen LogP contribution in [-0.2, 0) is 0 Å². The number of hydrogen-bond donors (Lipinski definition) is 0. The van der Waals surface area contributed by atoms with Crippen LogP contribution in [0.3, 0.4) is 0 Å². The van der Waals surface area contributed by atoms with Gasteiger partial charge in [-0.3, -0.25) is 5.01 Å². The van der Waals surface area contributed by atoms with Crippen molar-refractivity contribution in [1.29, 1.82) is 0 Å². The van der Waals surface area contributed by atoms with Gasteiger partial charge in [-0.05, 0) is 53.3 Å². The Labute approximate surface area is 198 Å². The quantitative estimate of drug-likeness (QED) is 0.262. The normalized spacial score (nSPS) is 16.5. The molecule has 0 bridgehead atoms. The number of anilines is 1. The van der Waals surface area contributed by atoms with Crippen molar-refractivity contribution in [3.8, 4) is 16.9 Å². The summed E-state index contributed by atoms with van der Waals surface area (Å²) in [6, 6.07) is 20.6. The summed E-state index contributed by atoms with van der Waals surface area (Å²) in [5.74, 6) is -4.73. The maximum atomic E-state index is 14.3. The Hall–Kier alpha value is -3.07. The number of hydrazone groups is 1. The molecule has 1 aliphatic heterocycles. The molecule has 9 heteroatoms. The van der Waals surface area contributed by atoms with Gasteiger partial charge < -0.3 is 4.74 Å². The number of nitrogens with zero attached hydrogens (tertiary/aromatic N) is 2. The average Bonchev–Trinajstić information content (AvgIpc) is 3.29. The lowest BCUT2D eigenvalue weighted by Gasteiger charge is -2.26. The van der Waals surface area contributed by atoms with Crippen molar-refractivity contribution in [3.63, 3.8) is 0 Å². The van der Waals surface area contributed by atoms with Crippen LogP contribution in [0.4, 0.5) is 27.6 Å². The Morgan fingerprint density at radius 3 is 2.26 bits per heavy atom. The van der Waals surface area contributed by atoms with Crippen LogP contribution in [0.5, 0.6) is 5.75 Å². The summed E-state index contributed by atoms with van der Waals surface area (Å²) in [5.41, 5.74) is 1.36. The van der Waals surface area contributed by atoms with E-state index in [1.165, 1.54) is 12.1 Å². The van der Waals surface area contributed by atoms with Gasteiger partial charge in [-0.2, -0.15) is 27.1 Å². The molecule has 0 N–H and O–H groups in total. The number of ether oxygens (including phenoxy) is 1. The number of halogens is 5. The highest BCUT2D eigenvalue weighted by Gasteiger charge is 2.63. The molecule has 1 heterocycles. The number of alkyl halides is 5. The molecule has 4 rings (SSSR count). The fourth-order valence-electron chi connectivity index (χ4n) is 3.87. The molecule has 0 fully saturated rings. The SMILES string of the molecule is COc1ccccc1N1N=C(C(F)(F)C(F)(F)F)CC1c1cccc(-c2ccc(SC)cc2)c1. The average molecular weight is 493 g/mol. The van der Waals surface area contributed by atoms with E-state index < -0.39 is 30.3 Å². The van der Waals surface area contributed by atoms with Crippen molar-refractivity contribution in [2.45, 2.75) is 29.5 Å². The lowest BCUT2D eigenvalue weighted by molar-refractivity contribution is -0.249. The second-order valence-electron chi connectivity index (χ2n) is 7.71. The van der Waals surface area contributed by atoms with Crippen molar-refractivity contribution < 1.29 is 26.7 Å². The van der Waals surface area contributed by atoms with E-state index in [-0.39, 0.29) is 0 Å². The van der Waals surface area contributed by atoms with Gasteiger partial charge in [0.1, 0.15) is 17.1 Å². The fraction of sp³-hybridized carbons (Fsp3) is 0.240. The van der Waals surface area contributed by atoms with Crippen LogP contribution in [0.15, 0.2) is 82.8 Å². The van der Waals surface area contributed by atoms with E-state index in [4.69, 9.17) is 4.74 Å². The third-order valence-corrected chi connectivity index (χ3v) is 6.40. The molecule has 34 heavy (non-hydrogen) atoms. The van der Waals surface area contributed by atoms with Gasteiger partial charge in [0.25, 0.3) is 0 Å². The maximum absolute atomic E-state index is 14.3. The monoisotopic (exact) mass is 492 g/mol. The summed E-state index contributed by atoms with van der Waals surface area (Å²) in [7, 11) is 1.40. The first-order valence-corrected chi connectivity index (χ1v) is 11.6. The molecule has 1 atom stereocenters. The van der Waals surface area contributed by atoms with E-state index in [0.717, 1.165) is 16.0 Å². The first-order valence-electron chi connectivity index (χ1n) is 10.3. The van der Waals surface area contributed by atoms with Crippen molar-refractivity contribution in [3.05, 3.63) is 78.4 Å². The van der Waals surface area contributed by atoms with E-state index in [9.17, 15) is 22.0 Å². The van der Waals surface area contributed by atoms with Crippen molar-refractivity contribution in [2.24, 2.45) is 5.10 Å². The highest BCUT2D eigenvalue weighted by molar-refractivity contribution is 7.98. The highest BCUT2D eigenvalue weighted by Crippen LogP contribution is 2.46. The zero-order chi connectivity index (χ0) is 24.5. The minimum atomic E-state index is -5.74.